The van der Waals surface area contributed by atoms with Crippen LogP contribution in [-0.4, -0.2) is 89.0 Å². The molecule has 1 fully saturated rings. The van der Waals surface area contributed by atoms with E-state index in [2.05, 4.69) is 49.0 Å². The normalized spacial score (nSPS) is 16.4. The van der Waals surface area contributed by atoms with Gasteiger partial charge in [-0.25, -0.2) is 0 Å². The van der Waals surface area contributed by atoms with E-state index in [4.69, 9.17) is 19.2 Å². The first-order valence-corrected chi connectivity index (χ1v) is 11.0. The summed E-state index contributed by atoms with van der Waals surface area (Å²) in [5.41, 5.74) is 1.21. The van der Waals surface area contributed by atoms with E-state index in [1.54, 1.807) is 14.2 Å². The molecule has 0 saturated carbocycles. The Morgan fingerprint density at radius 2 is 1.90 bits per heavy atom. The molecule has 30 heavy (non-hydrogen) atoms. The molecule has 0 aromatic heterocycles. The number of rotatable bonds is 10. The largest absolute Gasteiger partial charge is 0.493 e. The minimum absolute atomic E-state index is 0.432. The molecule has 7 heteroatoms. The molecule has 0 bridgehead atoms. The SMILES string of the molecule is CCNC(=NCC(C(C)C)N1CCOCC1)N(C)CCc1ccc(OC)c(OC)c1. The Morgan fingerprint density at radius 3 is 2.50 bits per heavy atom. The van der Waals surface area contributed by atoms with Crippen molar-refractivity contribution in [3.05, 3.63) is 23.8 Å². The molecule has 2 rings (SSSR count). The van der Waals surface area contributed by atoms with E-state index in [1.165, 1.54) is 5.56 Å². The summed E-state index contributed by atoms with van der Waals surface area (Å²) in [7, 11) is 5.43. The van der Waals surface area contributed by atoms with Crippen LogP contribution in [0.3, 0.4) is 0 Å². The molecule has 0 amide bonds. The number of nitrogens with zero attached hydrogens (tertiary/aromatic N) is 3. The summed E-state index contributed by atoms with van der Waals surface area (Å²) in [6, 6.07) is 6.53. The number of likely N-dealkylation sites (N-methyl/N-ethyl adjacent to an activating group) is 1. The molecule has 0 spiro atoms. The molecule has 0 aliphatic carbocycles. The zero-order valence-corrected chi connectivity index (χ0v) is 19.6. The zero-order chi connectivity index (χ0) is 21.9. The first kappa shape index (κ1) is 24.3. The maximum Gasteiger partial charge on any atom is 0.193 e. The van der Waals surface area contributed by atoms with Gasteiger partial charge >= 0.3 is 0 Å². The monoisotopic (exact) mass is 420 g/mol. The highest BCUT2D eigenvalue weighted by Crippen LogP contribution is 2.27. The maximum atomic E-state index is 5.52. The lowest BCUT2D eigenvalue weighted by atomic mass is 10.0. The van der Waals surface area contributed by atoms with Gasteiger partial charge in [0.1, 0.15) is 0 Å². The minimum atomic E-state index is 0.432. The van der Waals surface area contributed by atoms with Crippen molar-refractivity contribution in [2.75, 3.05) is 67.2 Å². The van der Waals surface area contributed by atoms with Crippen molar-refractivity contribution in [1.82, 2.24) is 15.1 Å². The lowest BCUT2D eigenvalue weighted by molar-refractivity contribution is 0.00863. The fourth-order valence-electron chi connectivity index (χ4n) is 3.75. The standard InChI is InChI=1S/C23H40N4O3/c1-7-24-23(25-17-20(18(2)3)27-12-14-30-15-13-27)26(4)11-10-19-8-9-21(28-5)22(16-19)29-6/h8-9,16,18,20H,7,10-15,17H2,1-6H3,(H,24,25). The number of nitrogens with one attached hydrogen (secondary N) is 1. The number of methoxy groups -OCH3 is 2. The van der Waals surface area contributed by atoms with Gasteiger partial charge in [-0.1, -0.05) is 19.9 Å². The van der Waals surface area contributed by atoms with Crippen molar-refractivity contribution in [3.8, 4) is 11.5 Å². The van der Waals surface area contributed by atoms with Crippen molar-refractivity contribution in [2.24, 2.45) is 10.9 Å². The number of benzene rings is 1. The van der Waals surface area contributed by atoms with E-state index in [1.807, 2.05) is 12.1 Å². The molecule has 1 aliphatic rings. The van der Waals surface area contributed by atoms with Gasteiger partial charge in [-0.2, -0.15) is 0 Å². The number of aliphatic imine (C=N–C) groups is 1. The van der Waals surface area contributed by atoms with E-state index in [0.29, 0.717) is 12.0 Å². The molecule has 170 valence electrons. The van der Waals surface area contributed by atoms with Crippen LogP contribution in [0.2, 0.25) is 0 Å². The first-order valence-electron chi connectivity index (χ1n) is 11.0. The van der Waals surface area contributed by atoms with E-state index >= 15 is 0 Å². The third kappa shape index (κ3) is 7.06. The summed E-state index contributed by atoms with van der Waals surface area (Å²) in [6.45, 7) is 12.8. The van der Waals surface area contributed by atoms with Gasteiger partial charge in [0.05, 0.1) is 34.0 Å². The highest BCUT2D eigenvalue weighted by molar-refractivity contribution is 5.79. The quantitative estimate of drug-likeness (QED) is 0.464. The number of guanidine groups is 1. The third-order valence-corrected chi connectivity index (χ3v) is 5.59. The molecular formula is C23H40N4O3. The lowest BCUT2D eigenvalue weighted by Gasteiger charge is -2.36. The second-order valence-corrected chi connectivity index (χ2v) is 8.02. The van der Waals surface area contributed by atoms with Gasteiger partial charge in [0.25, 0.3) is 0 Å². The first-order chi connectivity index (χ1) is 14.5. The van der Waals surface area contributed by atoms with Crippen molar-refractivity contribution < 1.29 is 14.2 Å². The van der Waals surface area contributed by atoms with Crippen molar-refractivity contribution in [2.45, 2.75) is 33.2 Å². The molecule has 1 N–H and O–H groups in total. The van der Waals surface area contributed by atoms with Gasteiger partial charge < -0.3 is 24.4 Å². The van der Waals surface area contributed by atoms with Crippen LogP contribution in [0.15, 0.2) is 23.2 Å². The highest BCUT2D eigenvalue weighted by atomic mass is 16.5. The van der Waals surface area contributed by atoms with E-state index in [9.17, 15) is 0 Å². The summed E-state index contributed by atoms with van der Waals surface area (Å²) >= 11 is 0. The number of morpholine rings is 1. The summed E-state index contributed by atoms with van der Waals surface area (Å²) < 4.78 is 16.3. The molecule has 1 unspecified atom stereocenters. The Kier molecular flexibility index (Phi) is 10.2. The molecule has 1 heterocycles. The summed E-state index contributed by atoms with van der Waals surface area (Å²) in [6.07, 6.45) is 0.901. The van der Waals surface area contributed by atoms with E-state index in [-0.39, 0.29) is 0 Å². The van der Waals surface area contributed by atoms with Crippen molar-refractivity contribution in [1.29, 1.82) is 0 Å². The molecular weight excluding hydrogens is 380 g/mol. The predicted molar refractivity (Wildman–Crippen MR) is 123 cm³/mol. The van der Waals surface area contributed by atoms with E-state index < -0.39 is 0 Å². The lowest BCUT2D eigenvalue weighted by Crippen LogP contribution is -2.48. The Morgan fingerprint density at radius 1 is 1.20 bits per heavy atom. The average molecular weight is 421 g/mol. The maximum absolute atomic E-state index is 5.52. The van der Waals surface area contributed by atoms with Crippen LogP contribution in [0, 0.1) is 5.92 Å². The Bertz CT molecular complexity index is 660. The minimum Gasteiger partial charge on any atom is -0.493 e. The molecule has 1 aliphatic heterocycles. The molecule has 7 nitrogen and oxygen atoms in total. The fraction of sp³-hybridized carbons (Fsp3) is 0.696. The number of hydrogen-bond acceptors (Lipinski definition) is 5. The summed E-state index contributed by atoms with van der Waals surface area (Å²) in [5, 5.41) is 3.44. The number of hydrogen-bond donors (Lipinski definition) is 1. The van der Waals surface area contributed by atoms with Crippen molar-refractivity contribution >= 4 is 5.96 Å². The summed E-state index contributed by atoms with van der Waals surface area (Å²) in [5.74, 6) is 3.03. The molecule has 0 radical (unpaired) electrons. The van der Waals surface area contributed by atoms with Crippen LogP contribution in [0.5, 0.6) is 11.5 Å². The van der Waals surface area contributed by atoms with Gasteiger partial charge in [0, 0.05) is 39.3 Å². The fourth-order valence-corrected chi connectivity index (χ4v) is 3.75. The van der Waals surface area contributed by atoms with Crippen LogP contribution >= 0.6 is 0 Å². The third-order valence-electron chi connectivity index (χ3n) is 5.59. The predicted octanol–water partition coefficient (Wildman–Crippen LogP) is 2.50. The van der Waals surface area contributed by atoms with Crippen LogP contribution in [-0.2, 0) is 11.2 Å². The average Bonchev–Trinajstić information content (AvgIpc) is 2.77. The second kappa shape index (κ2) is 12.6. The smallest absolute Gasteiger partial charge is 0.193 e. The Hall–Kier alpha value is -1.99. The van der Waals surface area contributed by atoms with Crippen LogP contribution in [0.4, 0.5) is 0 Å². The van der Waals surface area contributed by atoms with Crippen molar-refractivity contribution in [3.63, 3.8) is 0 Å². The van der Waals surface area contributed by atoms with Gasteiger partial charge in [0.15, 0.2) is 17.5 Å². The molecule has 1 atom stereocenters. The Labute approximate surface area is 182 Å². The van der Waals surface area contributed by atoms with Crippen LogP contribution in [0.25, 0.3) is 0 Å². The van der Waals surface area contributed by atoms with Gasteiger partial charge in [-0.15, -0.1) is 0 Å². The van der Waals surface area contributed by atoms with Gasteiger partial charge in [-0.3, -0.25) is 9.89 Å². The Balaban J connectivity index is 2.01. The molecule has 1 saturated heterocycles. The second-order valence-electron chi connectivity index (χ2n) is 8.02. The topological polar surface area (TPSA) is 58.6 Å². The van der Waals surface area contributed by atoms with Crippen LogP contribution in [0.1, 0.15) is 26.3 Å². The van der Waals surface area contributed by atoms with Gasteiger partial charge in [0.2, 0.25) is 0 Å². The van der Waals surface area contributed by atoms with Gasteiger partial charge in [-0.05, 0) is 37.0 Å². The van der Waals surface area contributed by atoms with E-state index in [0.717, 1.165) is 69.8 Å². The zero-order valence-electron chi connectivity index (χ0n) is 19.6. The molecule has 1 aromatic carbocycles. The summed E-state index contributed by atoms with van der Waals surface area (Å²) in [4.78, 5) is 9.71. The number of ether oxygens (including phenoxy) is 3. The van der Waals surface area contributed by atoms with Crippen LogP contribution < -0.4 is 14.8 Å². The highest BCUT2D eigenvalue weighted by Gasteiger charge is 2.23. The molecule has 1 aromatic rings.